The highest BCUT2D eigenvalue weighted by atomic mass is 32.1. The maximum absolute atomic E-state index is 11.9. The van der Waals surface area contributed by atoms with Gasteiger partial charge >= 0.3 is 5.97 Å². The molecule has 688 valence electrons. The summed E-state index contributed by atoms with van der Waals surface area (Å²) in [7, 11) is 20.8. The van der Waals surface area contributed by atoms with Crippen LogP contribution >= 0.6 is 11.3 Å². The van der Waals surface area contributed by atoms with Gasteiger partial charge in [0.1, 0.15) is 5.82 Å². The number of esters is 1. The Morgan fingerprint density at radius 2 is 0.661 bits per heavy atom. The fraction of sp³-hybridized carbons (Fsp3) is 0.750. The molecular weight excluding hydrogens is 1560 g/mol. The fourth-order valence-electron chi connectivity index (χ4n) is 23.9. The van der Waals surface area contributed by atoms with E-state index in [1.807, 2.05) is 63.4 Å². The first-order valence-electron chi connectivity index (χ1n) is 49.4. The van der Waals surface area contributed by atoms with Crippen LogP contribution in [-0.2, 0) is 14.3 Å². The Morgan fingerprint density at radius 3 is 1.05 bits per heavy atom. The van der Waals surface area contributed by atoms with Gasteiger partial charge in [-0.1, -0.05) is 24.3 Å². The van der Waals surface area contributed by atoms with Crippen LogP contribution in [0.1, 0.15) is 180 Å². The van der Waals surface area contributed by atoms with Crippen LogP contribution in [0.2, 0.25) is 0 Å². The Balaban J connectivity index is 0.000000124. The lowest BCUT2D eigenvalue weighted by atomic mass is 9.88. The Labute approximate surface area is 753 Å². The number of likely N-dealkylation sites (N-methyl/N-ethyl adjacent to an activating group) is 1. The van der Waals surface area contributed by atoms with E-state index in [1.165, 1.54) is 327 Å². The number of piperidine rings is 7. The van der Waals surface area contributed by atoms with Gasteiger partial charge < -0.3 is 68.4 Å². The molecule has 18 heterocycles. The molecule has 1 aromatic carbocycles. The first-order valence-corrected chi connectivity index (χ1v) is 50.3. The first kappa shape index (κ1) is 95.4. The lowest BCUT2D eigenvalue weighted by molar-refractivity contribution is -0.142. The minimum atomic E-state index is -0.0928. The van der Waals surface area contributed by atoms with Crippen molar-refractivity contribution >= 4 is 51.5 Å². The molecule has 4 aromatic heterocycles. The summed E-state index contributed by atoms with van der Waals surface area (Å²) in [6.45, 7) is 26.8. The Kier molecular flexibility index (Phi) is 38.1. The molecule has 5 aromatic rings. The average molecular weight is 1730 g/mol. The van der Waals surface area contributed by atoms with E-state index < -0.39 is 0 Å². The third-order valence-corrected chi connectivity index (χ3v) is 32.2. The van der Waals surface area contributed by atoms with Crippen LogP contribution in [0.3, 0.4) is 0 Å². The molecule has 23 nitrogen and oxygen atoms in total. The number of para-hydroxylation sites is 1. The summed E-state index contributed by atoms with van der Waals surface area (Å²) in [6, 6.07) is 28.5. The van der Waals surface area contributed by atoms with Crippen molar-refractivity contribution in [3.05, 3.63) is 109 Å². The van der Waals surface area contributed by atoms with Crippen LogP contribution in [0.4, 0.5) is 28.3 Å². The molecule has 14 saturated heterocycles. The molecule has 14 fully saturated rings. The number of rotatable bonds is 16. The number of aromatic nitrogens is 5. The predicted octanol–water partition coefficient (Wildman–Crippen LogP) is 13.9. The summed E-state index contributed by atoms with van der Waals surface area (Å²) in [5, 5.41) is 3.34. The van der Waals surface area contributed by atoms with E-state index in [4.69, 9.17) is 4.74 Å². The second kappa shape index (κ2) is 49.6. The van der Waals surface area contributed by atoms with Crippen LogP contribution in [-0.4, -0.2) is 349 Å². The zero-order chi connectivity index (χ0) is 86.5. The smallest absolute Gasteiger partial charge is 0.319 e. The van der Waals surface area contributed by atoms with Crippen molar-refractivity contribution in [2.45, 2.75) is 222 Å². The number of amides is 1. The van der Waals surface area contributed by atoms with E-state index >= 15 is 0 Å². The van der Waals surface area contributed by atoms with Crippen LogP contribution in [0.15, 0.2) is 109 Å². The standard InChI is InChI=1S/C16H24N2.2C15H23N3.C14H22N4.C14H27N3O.C13H21N3S.C13H24N2O2/c1-17-12-9-14(10-13-17)16-8-5-11-18(16)15-6-3-2-4-7-15;1-17-11-6-13(7-12-17)15-3-2-10-18(15)14-4-8-16-9-5-14;1-17-11-7-13(8-12-17)14-5-4-10-18(14)15-6-2-3-9-16-15;1-17-10-5-12(6-11-17)13-4-2-9-18(13)14-15-7-3-8-16-14;1-15(2)14(18)11-17-8-4-5-13(17)12-6-9-16(3)10-7-12;1-15-8-4-11(5-9-15)12-3-2-7-16(12)13-14-6-10-17-13;1-14-8-5-11(6-9-14)12-4-3-7-15(12)10-13(16)17-2/h2-4,6-7,14,16H,5,8-13H2,1H3;4-5,8-9,13,15H,2-3,6-7,10-12H2,1H3;2-3,6,9,13-14H,4-5,7-8,10-12H2,1H3;3,7-8,12-13H,2,4-6,9-11H2,1H3;12-13H,4-11H2,1-3H3;6,10-12H,2-5,7-9H2,1H3;11-12H,3-10H2,1-2H3/t16-;15-;14-;2*13-;2*12-/m0000000/s1. The minimum absolute atomic E-state index is 0.0928. The highest BCUT2D eigenvalue weighted by molar-refractivity contribution is 7.13. The molecule has 0 N–H and O–H groups in total. The minimum Gasteiger partial charge on any atom is -0.468 e. The van der Waals surface area contributed by atoms with E-state index in [-0.39, 0.29) is 11.9 Å². The maximum atomic E-state index is 11.9. The molecule has 0 bridgehead atoms. The number of anilines is 5. The van der Waals surface area contributed by atoms with Gasteiger partial charge in [0.05, 0.1) is 20.2 Å². The van der Waals surface area contributed by atoms with E-state index in [2.05, 4.69) is 203 Å². The molecule has 24 heteroatoms. The normalized spacial score (nSPS) is 27.2. The highest BCUT2D eigenvalue weighted by Gasteiger charge is 2.41. The molecule has 1 amide bonds. The van der Waals surface area contributed by atoms with Gasteiger partial charge in [-0.15, -0.1) is 11.3 Å². The highest BCUT2D eigenvalue weighted by Crippen LogP contribution is 2.41. The van der Waals surface area contributed by atoms with Gasteiger partial charge in [0.2, 0.25) is 11.9 Å². The molecular formula is C100H164N20O3S. The summed E-state index contributed by atoms with van der Waals surface area (Å²) < 4.78 is 4.78. The van der Waals surface area contributed by atoms with Gasteiger partial charge in [-0.05, 0) is 418 Å². The number of pyridine rings is 2. The number of benzene rings is 1. The molecule has 0 radical (unpaired) electrons. The summed E-state index contributed by atoms with van der Waals surface area (Å²) in [5.41, 5.74) is 2.80. The second-order valence-corrected chi connectivity index (χ2v) is 40.7. The molecule has 14 aliphatic heterocycles. The number of methoxy groups -OCH3 is 1. The van der Waals surface area contributed by atoms with Gasteiger partial charge in [-0.2, -0.15) is 0 Å². The average Bonchev–Trinajstić information content (AvgIpc) is 1.75. The van der Waals surface area contributed by atoms with E-state index in [1.54, 1.807) is 16.2 Å². The Hall–Kier alpha value is -6.19. The van der Waals surface area contributed by atoms with E-state index in [9.17, 15) is 9.59 Å². The fourth-order valence-corrected chi connectivity index (χ4v) is 24.6. The molecule has 0 unspecified atom stereocenters. The van der Waals surface area contributed by atoms with E-state index in [0.717, 1.165) is 91.2 Å². The lowest BCUT2D eigenvalue weighted by Crippen LogP contribution is -2.45. The predicted molar refractivity (Wildman–Crippen MR) is 512 cm³/mol. The quantitative estimate of drug-likeness (QED) is 0.0859. The number of hydrogen-bond donors (Lipinski definition) is 0. The second-order valence-electron chi connectivity index (χ2n) is 39.8. The van der Waals surface area contributed by atoms with Gasteiger partial charge in [0.15, 0.2) is 5.13 Å². The van der Waals surface area contributed by atoms with Gasteiger partial charge in [0, 0.05) is 143 Å². The summed E-state index contributed by atoms with van der Waals surface area (Å²) in [5.74, 6) is 8.21. The number of nitrogens with zero attached hydrogens (tertiary/aromatic N) is 20. The molecule has 14 aliphatic rings. The molecule has 0 saturated carbocycles. The van der Waals surface area contributed by atoms with Crippen molar-refractivity contribution in [3.8, 4) is 0 Å². The Bertz CT molecular complexity index is 3430. The van der Waals surface area contributed by atoms with Crippen molar-refractivity contribution < 1.29 is 14.3 Å². The Morgan fingerprint density at radius 1 is 0.331 bits per heavy atom. The largest absolute Gasteiger partial charge is 0.468 e. The van der Waals surface area contributed by atoms with Gasteiger partial charge in [0.25, 0.3) is 0 Å². The summed E-state index contributed by atoms with van der Waals surface area (Å²) >= 11 is 1.79. The van der Waals surface area contributed by atoms with Crippen molar-refractivity contribution in [2.24, 2.45) is 41.4 Å². The molecule has 0 aliphatic carbocycles. The van der Waals surface area contributed by atoms with Crippen molar-refractivity contribution in [2.75, 3.05) is 246 Å². The molecule has 0 spiro atoms. The number of likely N-dealkylation sites (tertiary alicyclic amines) is 9. The van der Waals surface area contributed by atoms with E-state index in [0.29, 0.717) is 31.2 Å². The summed E-state index contributed by atoms with van der Waals surface area (Å²) in [6.07, 6.45) is 48.6. The van der Waals surface area contributed by atoms with Crippen LogP contribution in [0.25, 0.3) is 0 Å². The van der Waals surface area contributed by atoms with Crippen LogP contribution < -0.4 is 24.5 Å². The van der Waals surface area contributed by atoms with Crippen molar-refractivity contribution in [1.29, 1.82) is 0 Å². The summed E-state index contributed by atoms with van der Waals surface area (Å²) in [4.78, 5) is 81.7. The van der Waals surface area contributed by atoms with Crippen molar-refractivity contribution in [1.82, 2.24) is 73.9 Å². The number of carbonyl (C=O) groups excluding carboxylic acids is 2. The maximum Gasteiger partial charge on any atom is 0.319 e. The van der Waals surface area contributed by atoms with Gasteiger partial charge in [-0.3, -0.25) is 24.4 Å². The number of ether oxygens (including phenoxy) is 1. The third-order valence-electron chi connectivity index (χ3n) is 31.4. The third kappa shape index (κ3) is 27.7. The number of hydrogen-bond acceptors (Lipinski definition) is 23. The zero-order valence-electron chi connectivity index (χ0n) is 78.6. The van der Waals surface area contributed by atoms with Crippen molar-refractivity contribution in [3.63, 3.8) is 0 Å². The zero-order valence-corrected chi connectivity index (χ0v) is 79.4. The molecule has 19 rings (SSSR count). The topological polar surface area (TPSA) is 156 Å². The number of carbonyl (C=O) groups is 2. The monoisotopic (exact) mass is 1730 g/mol. The van der Waals surface area contributed by atoms with Gasteiger partial charge in [-0.25, -0.2) is 19.9 Å². The lowest BCUT2D eigenvalue weighted by Gasteiger charge is -2.38. The first-order chi connectivity index (χ1) is 60.5. The SMILES string of the molecule is CN1CCC([C@@H]2CCCN2CC(=O)N(C)C)CC1.CN1CCC([C@@H]2CCCN2c2ccccc2)CC1.CN1CCC([C@@H]2CCCN2c2ccccn2)CC1.CN1CCC([C@@H]2CCCN2c2ccncc2)CC1.CN1CCC([C@@H]2CCCN2c2ncccn2)CC1.CN1CCC([C@@H]2CCCN2c2nccs2)CC1.COC(=O)CN1CCC[C@H]1C1CCN(C)CC1. The van der Waals surface area contributed by atoms with Crippen LogP contribution in [0.5, 0.6) is 0 Å². The number of thiazole rings is 1. The molecule has 7 atom stereocenters. The van der Waals surface area contributed by atoms with Crippen LogP contribution in [0, 0.1) is 41.4 Å². The molecule has 124 heavy (non-hydrogen) atoms.